The third-order valence-electron chi connectivity index (χ3n) is 2.33. The molecule has 0 unspecified atom stereocenters. The lowest BCUT2D eigenvalue weighted by Crippen LogP contribution is -2.03. The molecule has 1 N–H and O–H groups in total. The Kier molecular flexibility index (Phi) is 3.27. The molecule has 0 spiro atoms. The van der Waals surface area contributed by atoms with E-state index >= 15 is 0 Å². The highest BCUT2D eigenvalue weighted by Gasteiger charge is 2.07. The van der Waals surface area contributed by atoms with Crippen molar-refractivity contribution in [2.75, 3.05) is 5.32 Å². The third-order valence-corrected chi connectivity index (χ3v) is 2.33. The number of nitrogens with zero attached hydrogens (tertiary/aromatic N) is 3. The first-order valence-corrected chi connectivity index (χ1v) is 5.30. The highest BCUT2D eigenvalue weighted by Crippen LogP contribution is 2.25. The van der Waals surface area contributed by atoms with E-state index in [1.807, 2.05) is 24.3 Å². The maximum atomic E-state index is 12.8. The van der Waals surface area contributed by atoms with Gasteiger partial charge in [0.15, 0.2) is 0 Å². The monoisotopic (exact) mass is 231 g/mol. The lowest BCUT2D eigenvalue weighted by Gasteiger charge is -2.12. The van der Waals surface area contributed by atoms with Gasteiger partial charge in [-0.25, -0.2) is 0 Å². The lowest BCUT2D eigenvalue weighted by molar-refractivity contribution is 0.533. The molecule has 1 heterocycles. The molecular formula is C12H12FN4. The summed E-state index contributed by atoms with van der Waals surface area (Å²) in [5.41, 5.74) is 1.98. The number of halogens is 1. The zero-order valence-electron chi connectivity index (χ0n) is 9.61. The second kappa shape index (κ2) is 4.86. The summed E-state index contributed by atoms with van der Waals surface area (Å²) < 4.78 is 12.8. The summed E-state index contributed by atoms with van der Waals surface area (Å²) in [5, 5.41) is 2.96. The van der Waals surface area contributed by atoms with Gasteiger partial charge in [0.1, 0.15) is 0 Å². The predicted molar refractivity (Wildman–Crippen MR) is 62.4 cm³/mol. The van der Waals surface area contributed by atoms with Crippen molar-refractivity contribution in [3.63, 3.8) is 0 Å². The van der Waals surface area contributed by atoms with Crippen LogP contribution in [0.1, 0.15) is 25.3 Å². The van der Waals surface area contributed by atoms with Gasteiger partial charge in [0.25, 0.3) is 0 Å². The summed E-state index contributed by atoms with van der Waals surface area (Å²) in [5.74, 6) is 0.514. The highest BCUT2D eigenvalue weighted by molar-refractivity contribution is 5.59. The number of hydrogen-bond acceptors (Lipinski definition) is 4. The predicted octanol–water partition coefficient (Wildman–Crippen LogP) is 2.68. The molecule has 0 aliphatic rings. The van der Waals surface area contributed by atoms with Gasteiger partial charge in [0.2, 0.25) is 12.3 Å². The van der Waals surface area contributed by atoms with Crippen LogP contribution in [0.25, 0.3) is 0 Å². The van der Waals surface area contributed by atoms with Crippen molar-refractivity contribution in [3.8, 4) is 0 Å². The molecule has 4 nitrogen and oxygen atoms in total. The molecule has 2 aromatic rings. The van der Waals surface area contributed by atoms with Crippen LogP contribution in [0.3, 0.4) is 0 Å². The molecule has 1 aromatic heterocycles. The Hall–Kier alpha value is -2.04. The Morgan fingerprint density at radius 3 is 2.71 bits per heavy atom. The molecule has 0 bridgehead atoms. The van der Waals surface area contributed by atoms with E-state index in [2.05, 4.69) is 40.4 Å². The van der Waals surface area contributed by atoms with Gasteiger partial charge in [0, 0.05) is 5.69 Å². The molecule has 0 fully saturated rings. The average molecular weight is 231 g/mol. The molecule has 0 atom stereocenters. The van der Waals surface area contributed by atoms with E-state index in [4.69, 9.17) is 0 Å². The van der Waals surface area contributed by atoms with Gasteiger partial charge in [0.05, 0.1) is 0 Å². The van der Waals surface area contributed by atoms with Crippen LogP contribution in [0.4, 0.5) is 16.0 Å². The number of para-hydroxylation sites is 1. The minimum absolute atomic E-state index is 0.158. The zero-order valence-corrected chi connectivity index (χ0v) is 9.61. The fourth-order valence-corrected chi connectivity index (χ4v) is 1.54. The van der Waals surface area contributed by atoms with Crippen LogP contribution >= 0.6 is 0 Å². The Bertz CT molecular complexity index is 513. The van der Waals surface area contributed by atoms with Crippen LogP contribution < -0.4 is 5.32 Å². The first-order valence-electron chi connectivity index (χ1n) is 5.30. The van der Waals surface area contributed by atoms with Crippen molar-refractivity contribution < 1.29 is 4.39 Å². The molecule has 2 rings (SSSR count). The van der Waals surface area contributed by atoms with Crippen LogP contribution in [0.15, 0.2) is 24.3 Å². The normalized spacial score (nSPS) is 10.6. The van der Waals surface area contributed by atoms with Gasteiger partial charge >= 0.3 is 6.08 Å². The molecule has 0 saturated heterocycles. The first-order chi connectivity index (χ1) is 8.16. The summed E-state index contributed by atoms with van der Waals surface area (Å²) in [7, 11) is 0. The van der Waals surface area contributed by atoms with Gasteiger partial charge in [-0.05, 0) is 17.5 Å². The number of aromatic nitrogens is 3. The molecule has 0 saturated carbocycles. The van der Waals surface area contributed by atoms with Crippen molar-refractivity contribution in [1.29, 1.82) is 0 Å². The molecule has 5 heteroatoms. The molecular weight excluding hydrogens is 219 g/mol. The number of hydrogen-bond donors (Lipinski definition) is 1. The van der Waals surface area contributed by atoms with Gasteiger partial charge in [-0.15, -0.1) is 0 Å². The average Bonchev–Trinajstić information content (AvgIpc) is 2.29. The summed E-state index contributed by atoms with van der Waals surface area (Å²) in [6, 6.07) is 7.77. The van der Waals surface area contributed by atoms with E-state index in [1.54, 1.807) is 0 Å². The van der Waals surface area contributed by atoms with Gasteiger partial charge in [-0.1, -0.05) is 32.0 Å². The molecule has 0 aliphatic heterocycles. The molecule has 1 radical (unpaired) electrons. The van der Waals surface area contributed by atoms with E-state index in [9.17, 15) is 4.39 Å². The van der Waals surface area contributed by atoms with E-state index < -0.39 is 6.08 Å². The number of nitrogens with one attached hydrogen (secondary N) is 1. The standard InChI is InChI=1S/C12H12FN4/c1-8(2)9-5-3-4-6-10(9)16-12-15-7-14-11(13)17-12/h3-6,8H,1-2H3,(H,14,15,16,17). The van der Waals surface area contributed by atoms with E-state index in [1.165, 1.54) is 0 Å². The fourth-order valence-electron chi connectivity index (χ4n) is 1.54. The largest absolute Gasteiger partial charge is 0.324 e. The first kappa shape index (κ1) is 11.4. The highest BCUT2D eigenvalue weighted by atomic mass is 19.1. The van der Waals surface area contributed by atoms with Crippen LogP contribution in [-0.4, -0.2) is 15.0 Å². The Labute approximate surface area is 99.0 Å². The summed E-state index contributed by atoms with van der Waals surface area (Å²) in [6.45, 7) is 4.17. The van der Waals surface area contributed by atoms with E-state index in [-0.39, 0.29) is 5.95 Å². The van der Waals surface area contributed by atoms with Crippen LogP contribution in [-0.2, 0) is 0 Å². The van der Waals surface area contributed by atoms with Gasteiger partial charge < -0.3 is 5.32 Å². The lowest BCUT2D eigenvalue weighted by atomic mass is 10.0. The van der Waals surface area contributed by atoms with E-state index in [0.29, 0.717) is 5.92 Å². The second-order valence-electron chi connectivity index (χ2n) is 3.89. The van der Waals surface area contributed by atoms with Crippen molar-refractivity contribution in [2.45, 2.75) is 19.8 Å². The van der Waals surface area contributed by atoms with Crippen molar-refractivity contribution >= 4 is 11.6 Å². The Morgan fingerprint density at radius 1 is 1.24 bits per heavy atom. The SMILES string of the molecule is CC(C)c1ccccc1Nc1n[c]nc(F)n1. The van der Waals surface area contributed by atoms with Gasteiger partial charge in [-0.3, -0.25) is 0 Å². The van der Waals surface area contributed by atoms with Crippen LogP contribution in [0, 0.1) is 12.4 Å². The summed E-state index contributed by atoms with van der Waals surface area (Å²) >= 11 is 0. The molecule has 17 heavy (non-hydrogen) atoms. The zero-order chi connectivity index (χ0) is 12.3. The minimum atomic E-state index is -0.843. The molecule has 0 amide bonds. The maximum Gasteiger partial charge on any atom is 0.314 e. The number of rotatable bonds is 3. The summed E-state index contributed by atoms with van der Waals surface area (Å²) in [4.78, 5) is 10.5. The second-order valence-corrected chi connectivity index (χ2v) is 3.89. The van der Waals surface area contributed by atoms with Crippen molar-refractivity contribution in [2.24, 2.45) is 0 Å². The summed E-state index contributed by atoms with van der Waals surface area (Å²) in [6.07, 6.45) is 1.36. The maximum absolute atomic E-state index is 12.8. The quantitative estimate of drug-likeness (QED) is 0.882. The third kappa shape index (κ3) is 2.75. The van der Waals surface area contributed by atoms with Crippen LogP contribution in [0.5, 0.6) is 0 Å². The van der Waals surface area contributed by atoms with Gasteiger partial charge in [-0.2, -0.15) is 19.3 Å². The molecule has 0 aliphatic carbocycles. The fraction of sp³-hybridized carbons (Fsp3) is 0.250. The van der Waals surface area contributed by atoms with E-state index in [0.717, 1.165) is 11.3 Å². The molecule has 1 aromatic carbocycles. The molecule has 87 valence electrons. The Morgan fingerprint density at radius 2 is 2.00 bits per heavy atom. The number of anilines is 2. The Balaban J connectivity index is 2.30. The topological polar surface area (TPSA) is 50.7 Å². The number of benzene rings is 1. The smallest absolute Gasteiger partial charge is 0.314 e. The van der Waals surface area contributed by atoms with Crippen molar-refractivity contribution in [3.05, 3.63) is 42.2 Å². The minimum Gasteiger partial charge on any atom is -0.324 e. The van der Waals surface area contributed by atoms with Crippen LogP contribution in [0.2, 0.25) is 0 Å². The van der Waals surface area contributed by atoms with Crippen molar-refractivity contribution in [1.82, 2.24) is 15.0 Å².